The average molecular weight is 447 g/mol. The number of carbonyl (C=O) groups is 3. The number of unbranched alkanes of at least 4 members (excludes halogenated alkanes) is 1. The minimum Gasteiger partial charge on any atom is -0.468 e. The molecule has 0 spiro atoms. The molecule has 1 aromatic heterocycles. The first-order chi connectivity index (χ1) is 15.0. The number of fused-ring (bicyclic) bond motifs is 1. The van der Waals surface area contributed by atoms with Gasteiger partial charge in [0.25, 0.3) is 5.91 Å². The molecule has 8 heteroatoms. The van der Waals surface area contributed by atoms with Crippen molar-refractivity contribution in [3.05, 3.63) is 28.6 Å². The average Bonchev–Trinajstić information content (AvgIpc) is 3.13. The number of esters is 2. The maximum Gasteiger partial charge on any atom is 0.337 e. The molecule has 0 saturated heterocycles. The van der Waals surface area contributed by atoms with E-state index < -0.39 is 11.9 Å². The standard InChI is InChI=1S/C23H30N2O5S/c1-4-5-6-15-7-9-16(10-8-15)21(27)24-23-25(14-20(26)29-2)18-12-11-17(22(28)30-3)13-19(18)31-23/h11-13,15-16H,4-10,14H2,1-3H3. The minimum absolute atomic E-state index is 0.0516. The number of methoxy groups -OCH3 is 2. The third-order valence-corrected chi connectivity index (χ3v) is 7.03. The zero-order valence-electron chi connectivity index (χ0n) is 18.4. The molecule has 0 bridgehead atoms. The van der Waals surface area contributed by atoms with E-state index in [1.807, 2.05) is 0 Å². The van der Waals surface area contributed by atoms with E-state index in [9.17, 15) is 14.4 Å². The van der Waals surface area contributed by atoms with Crippen LogP contribution in [0.4, 0.5) is 0 Å². The van der Waals surface area contributed by atoms with Gasteiger partial charge in [-0.25, -0.2) is 4.79 Å². The maximum absolute atomic E-state index is 12.9. The molecule has 0 unspecified atom stereocenters. The van der Waals surface area contributed by atoms with Crippen molar-refractivity contribution in [1.82, 2.24) is 4.57 Å². The minimum atomic E-state index is -0.441. The Morgan fingerprint density at radius 1 is 1.13 bits per heavy atom. The SMILES string of the molecule is CCCCC1CCC(C(=O)N=c2sc3cc(C(=O)OC)ccc3n2CC(=O)OC)CC1. The summed E-state index contributed by atoms with van der Waals surface area (Å²) < 4.78 is 12.0. The molecule has 1 aromatic carbocycles. The summed E-state index contributed by atoms with van der Waals surface area (Å²) in [7, 11) is 2.65. The second-order valence-corrected chi connectivity index (χ2v) is 9.04. The molecule has 0 radical (unpaired) electrons. The third kappa shape index (κ3) is 5.61. The highest BCUT2D eigenvalue weighted by Crippen LogP contribution is 2.32. The quantitative estimate of drug-likeness (QED) is 0.598. The number of nitrogens with zero attached hydrogens (tertiary/aromatic N) is 2. The lowest BCUT2D eigenvalue weighted by molar-refractivity contribution is -0.141. The Hall–Kier alpha value is -2.48. The van der Waals surface area contributed by atoms with Gasteiger partial charge in [-0.2, -0.15) is 4.99 Å². The number of hydrogen-bond acceptors (Lipinski definition) is 6. The first-order valence-electron chi connectivity index (χ1n) is 10.8. The molecule has 0 atom stereocenters. The Labute approximate surface area is 186 Å². The second kappa shape index (κ2) is 10.7. The number of thiazole rings is 1. The summed E-state index contributed by atoms with van der Waals surface area (Å²) in [4.78, 5) is 41.6. The lowest BCUT2D eigenvalue weighted by Crippen LogP contribution is -2.26. The number of ether oxygens (including phenoxy) is 2. The molecule has 1 amide bonds. The normalized spacial score (nSPS) is 19.4. The second-order valence-electron chi connectivity index (χ2n) is 8.03. The Kier molecular flexibility index (Phi) is 8.01. The highest BCUT2D eigenvalue weighted by Gasteiger charge is 2.26. The Morgan fingerprint density at radius 3 is 2.52 bits per heavy atom. The van der Waals surface area contributed by atoms with E-state index in [0.717, 1.165) is 35.9 Å². The molecule has 31 heavy (non-hydrogen) atoms. The zero-order chi connectivity index (χ0) is 22.4. The van der Waals surface area contributed by atoms with Crippen molar-refractivity contribution in [3.63, 3.8) is 0 Å². The fourth-order valence-electron chi connectivity index (χ4n) is 4.13. The summed E-state index contributed by atoms with van der Waals surface area (Å²) in [5.74, 6) is -0.353. The lowest BCUT2D eigenvalue weighted by atomic mass is 9.79. The molecular weight excluding hydrogens is 416 g/mol. The number of carbonyl (C=O) groups excluding carboxylic acids is 3. The van der Waals surface area contributed by atoms with E-state index in [4.69, 9.17) is 9.47 Å². The van der Waals surface area contributed by atoms with Gasteiger partial charge in [0.05, 0.1) is 30.0 Å². The first-order valence-corrected chi connectivity index (χ1v) is 11.7. The van der Waals surface area contributed by atoms with E-state index >= 15 is 0 Å². The van der Waals surface area contributed by atoms with Gasteiger partial charge in [0.2, 0.25) is 0 Å². The summed E-state index contributed by atoms with van der Waals surface area (Å²) in [5.41, 5.74) is 1.13. The van der Waals surface area contributed by atoms with E-state index in [2.05, 4.69) is 11.9 Å². The van der Waals surface area contributed by atoms with Crippen LogP contribution < -0.4 is 4.80 Å². The Bertz CT molecular complexity index is 1010. The molecule has 3 rings (SSSR count). The molecule has 0 aliphatic heterocycles. The lowest BCUT2D eigenvalue weighted by Gasteiger charge is -2.26. The van der Waals surface area contributed by atoms with Crippen molar-refractivity contribution in [2.75, 3.05) is 14.2 Å². The van der Waals surface area contributed by atoms with Gasteiger partial charge < -0.3 is 14.0 Å². The van der Waals surface area contributed by atoms with Crippen LogP contribution in [0.25, 0.3) is 10.2 Å². The topological polar surface area (TPSA) is 87.0 Å². The number of hydrogen-bond donors (Lipinski definition) is 0. The van der Waals surface area contributed by atoms with Gasteiger partial charge in [-0.1, -0.05) is 37.5 Å². The number of aromatic nitrogens is 1. The van der Waals surface area contributed by atoms with Gasteiger partial charge in [0.1, 0.15) is 6.54 Å². The van der Waals surface area contributed by atoms with Crippen LogP contribution in [0.2, 0.25) is 0 Å². The van der Waals surface area contributed by atoms with Gasteiger partial charge in [-0.15, -0.1) is 0 Å². The van der Waals surface area contributed by atoms with E-state index in [1.165, 1.54) is 44.8 Å². The van der Waals surface area contributed by atoms with Crippen molar-refractivity contribution in [3.8, 4) is 0 Å². The molecule has 1 fully saturated rings. The molecule has 2 aromatic rings. The summed E-state index contributed by atoms with van der Waals surface area (Å²) in [6, 6.07) is 5.07. The van der Waals surface area contributed by atoms with Crippen LogP contribution in [-0.4, -0.2) is 36.6 Å². The molecule has 1 aliphatic rings. The van der Waals surface area contributed by atoms with E-state index in [1.54, 1.807) is 22.8 Å². The van der Waals surface area contributed by atoms with Crippen molar-refractivity contribution in [2.45, 2.75) is 58.4 Å². The van der Waals surface area contributed by atoms with Crippen molar-refractivity contribution >= 4 is 39.4 Å². The predicted octanol–water partition coefficient (Wildman–Crippen LogP) is 4.09. The Morgan fingerprint density at radius 2 is 1.87 bits per heavy atom. The molecule has 7 nitrogen and oxygen atoms in total. The molecule has 1 aliphatic carbocycles. The van der Waals surface area contributed by atoms with Crippen molar-refractivity contribution in [2.24, 2.45) is 16.8 Å². The Balaban J connectivity index is 1.89. The monoisotopic (exact) mass is 446 g/mol. The van der Waals surface area contributed by atoms with E-state index in [0.29, 0.717) is 16.3 Å². The zero-order valence-corrected chi connectivity index (χ0v) is 19.2. The molecule has 1 saturated carbocycles. The smallest absolute Gasteiger partial charge is 0.337 e. The molecule has 0 N–H and O–H groups in total. The van der Waals surface area contributed by atoms with Crippen LogP contribution in [0.5, 0.6) is 0 Å². The summed E-state index contributed by atoms with van der Waals surface area (Å²) >= 11 is 1.28. The van der Waals surface area contributed by atoms with Crippen LogP contribution in [0.15, 0.2) is 23.2 Å². The summed E-state index contributed by atoms with van der Waals surface area (Å²) in [6.07, 6.45) is 7.57. The maximum atomic E-state index is 12.9. The predicted molar refractivity (Wildman–Crippen MR) is 119 cm³/mol. The highest BCUT2D eigenvalue weighted by molar-refractivity contribution is 7.16. The summed E-state index contributed by atoms with van der Waals surface area (Å²) in [5, 5.41) is 0. The van der Waals surface area contributed by atoms with Gasteiger partial charge >= 0.3 is 11.9 Å². The van der Waals surface area contributed by atoms with Crippen LogP contribution in [0, 0.1) is 11.8 Å². The van der Waals surface area contributed by atoms with Crippen molar-refractivity contribution in [1.29, 1.82) is 0 Å². The number of amides is 1. The van der Waals surface area contributed by atoms with Crippen LogP contribution in [0.3, 0.4) is 0 Å². The van der Waals surface area contributed by atoms with Gasteiger partial charge in [0.15, 0.2) is 4.80 Å². The molecular formula is C23H30N2O5S. The fourth-order valence-corrected chi connectivity index (χ4v) is 5.20. The van der Waals surface area contributed by atoms with Gasteiger partial charge in [-0.3, -0.25) is 9.59 Å². The van der Waals surface area contributed by atoms with Crippen LogP contribution in [-0.2, 0) is 25.6 Å². The van der Waals surface area contributed by atoms with Crippen LogP contribution >= 0.6 is 11.3 Å². The first kappa shape index (κ1) is 23.2. The molecule has 1 heterocycles. The van der Waals surface area contributed by atoms with E-state index in [-0.39, 0.29) is 18.4 Å². The molecule has 168 valence electrons. The summed E-state index contributed by atoms with van der Waals surface area (Å²) in [6.45, 7) is 2.15. The largest absolute Gasteiger partial charge is 0.468 e. The van der Waals surface area contributed by atoms with Gasteiger partial charge in [-0.05, 0) is 49.8 Å². The number of benzene rings is 1. The van der Waals surface area contributed by atoms with Crippen molar-refractivity contribution < 1.29 is 23.9 Å². The third-order valence-electron chi connectivity index (χ3n) is 5.99. The van der Waals surface area contributed by atoms with Crippen LogP contribution in [0.1, 0.15) is 62.2 Å². The van der Waals surface area contributed by atoms with Gasteiger partial charge in [0, 0.05) is 5.92 Å². The fraction of sp³-hybridized carbons (Fsp3) is 0.565. The highest BCUT2D eigenvalue weighted by atomic mass is 32.1. The number of rotatable bonds is 7.